The van der Waals surface area contributed by atoms with Gasteiger partial charge in [-0.15, -0.1) is 5.11 Å². The van der Waals surface area contributed by atoms with Crippen molar-refractivity contribution in [3.63, 3.8) is 0 Å². The molecule has 4 heteroatoms. The van der Waals surface area contributed by atoms with Crippen molar-refractivity contribution in [3.05, 3.63) is 0 Å². The van der Waals surface area contributed by atoms with E-state index in [1.54, 1.807) is 0 Å². The van der Waals surface area contributed by atoms with Crippen LogP contribution < -0.4 is 5.43 Å². The van der Waals surface area contributed by atoms with Crippen LogP contribution >= 0.6 is 0 Å². The lowest BCUT2D eigenvalue weighted by Gasteiger charge is -2.18. The van der Waals surface area contributed by atoms with Gasteiger partial charge in [-0.05, 0) is 20.8 Å². The fourth-order valence-electron chi connectivity index (χ4n) is 0.375. The summed E-state index contributed by atoms with van der Waals surface area (Å²) < 4.78 is 0. The second kappa shape index (κ2) is 3.85. The molecule has 0 aliphatic rings. The molecule has 0 radical (unpaired) electrons. The third-order valence-corrected chi connectivity index (χ3v) is 1.25. The summed E-state index contributed by atoms with van der Waals surface area (Å²) in [5.41, 5.74) is 2.51. The average molecular weight is 184 g/mol. The molecular formula is C9H20N4. The number of amidine groups is 1. The van der Waals surface area contributed by atoms with Crippen LogP contribution in [-0.2, 0) is 0 Å². The summed E-state index contributed by atoms with van der Waals surface area (Å²) in [6.07, 6.45) is 0. The van der Waals surface area contributed by atoms with Gasteiger partial charge >= 0.3 is 0 Å². The van der Waals surface area contributed by atoms with Crippen LogP contribution in [-0.4, -0.2) is 11.4 Å². The van der Waals surface area contributed by atoms with E-state index in [9.17, 15) is 0 Å². The fraction of sp³-hybridized carbons (Fsp3) is 0.889. The summed E-state index contributed by atoms with van der Waals surface area (Å²) >= 11 is 0. The quantitative estimate of drug-likeness (QED) is 0.280. The van der Waals surface area contributed by atoms with Gasteiger partial charge in [0.25, 0.3) is 0 Å². The SMILES string of the molecule is CC(C)(C)N/N=N\C(=N)C(C)(C)C. The van der Waals surface area contributed by atoms with Gasteiger partial charge in [0, 0.05) is 11.0 Å². The van der Waals surface area contributed by atoms with Gasteiger partial charge in [-0.2, -0.15) is 0 Å². The van der Waals surface area contributed by atoms with E-state index in [0.29, 0.717) is 0 Å². The van der Waals surface area contributed by atoms with Crippen molar-refractivity contribution in [2.75, 3.05) is 0 Å². The first-order chi connectivity index (χ1) is 5.63. The summed E-state index contributed by atoms with van der Waals surface area (Å²) in [6.45, 7) is 11.8. The number of hydrogen-bond donors (Lipinski definition) is 2. The monoisotopic (exact) mass is 184 g/mol. The maximum Gasteiger partial charge on any atom is 0.150 e. The molecule has 0 aliphatic heterocycles. The van der Waals surface area contributed by atoms with Crippen molar-refractivity contribution in [2.24, 2.45) is 15.8 Å². The minimum absolute atomic E-state index is 0.0956. The van der Waals surface area contributed by atoms with Gasteiger partial charge in [-0.25, -0.2) is 0 Å². The Labute approximate surface area is 80.3 Å². The largest absolute Gasteiger partial charge is 0.286 e. The first-order valence-corrected chi connectivity index (χ1v) is 4.40. The number of nitrogens with zero attached hydrogens (tertiary/aromatic N) is 2. The lowest BCUT2D eigenvalue weighted by atomic mass is 9.96. The second-order valence-electron chi connectivity index (χ2n) is 5.16. The van der Waals surface area contributed by atoms with Gasteiger partial charge in [0.1, 0.15) is 0 Å². The van der Waals surface area contributed by atoms with Crippen LogP contribution in [0.4, 0.5) is 0 Å². The molecule has 0 saturated heterocycles. The Morgan fingerprint density at radius 3 is 1.85 bits per heavy atom. The molecule has 0 atom stereocenters. The Morgan fingerprint density at radius 1 is 1.08 bits per heavy atom. The zero-order valence-electron chi connectivity index (χ0n) is 9.39. The van der Waals surface area contributed by atoms with Crippen LogP contribution in [0, 0.1) is 10.8 Å². The Morgan fingerprint density at radius 2 is 1.54 bits per heavy atom. The average Bonchev–Trinajstić information content (AvgIpc) is 1.82. The van der Waals surface area contributed by atoms with E-state index >= 15 is 0 Å². The standard InChI is InChI=1S/C9H20N4/c1-8(2,3)7(10)11-13-12-9(4,5)6/h1-6H3,(H2,10,11,12). The maximum atomic E-state index is 7.55. The highest BCUT2D eigenvalue weighted by Crippen LogP contribution is 2.15. The van der Waals surface area contributed by atoms with Crippen LogP contribution in [0.5, 0.6) is 0 Å². The van der Waals surface area contributed by atoms with Crippen LogP contribution in [0.25, 0.3) is 0 Å². The minimum Gasteiger partial charge on any atom is -0.286 e. The molecule has 0 heterocycles. The molecule has 0 aromatic carbocycles. The van der Waals surface area contributed by atoms with Crippen LogP contribution in [0.1, 0.15) is 41.5 Å². The predicted octanol–water partition coefficient (Wildman–Crippen LogP) is 2.77. The van der Waals surface area contributed by atoms with Gasteiger partial charge < -0.3 is 0 Å². The lowest BCUT2D eigenvalue weighted by molar-refractivity contribution is 0.425. The van der Waals surface area contributed by atoms with Gasteiger partial charge in [0.15, 0.2) is 5.84 Å². The molecule has 0 amide bonds. The summed E-state index contributed by atoms with van der Waals surface area (Å²) in [5.74, 6) is 0.282. The van der Waals surface area contributed by atoms with Crippen LogP contribution in [0.2, 0.25) is 0 Å². The zero-order valence-corrected chi connectivity index (χ0v) is 9.39. The minimum atomic E-state index is -0.233. The molecule has 0 unspecified atom stereocenters. The van der Waals surface area contributed by atoms with E-state index in [0.717, 1.165) is 0 Å². The molecular weight excluding hydrogens is 164 g/mol. The van der Waals surface area contributed by atoms with Crippen molar-refractivity contribution in [3.8, 4) is 0 Å². The molecule has 0 aromatic rings. The molecule has 76 valence electrons. The highest BCUT2D eigenvalue weighted by molar-refractivity contribution is 5.84. The number of rotatable bonds is 1. The fourth-order valence-corrected chi connectivity index (χ4v) is 0.375. The molecule has 2 N–H and O–H groups in total. The van der Waals surface area contributed by atoms with Crippen molar-refractivity contribution in [1.29, 1.82) is 5.41 Å². The predicted molar refractivity (Wildman–Crippen MR) is 54.9 cm³/mol. The molecule has 0 aromatic heterocycles. The first-order valence-electron chi connectivity index (χ1n) is 4.40. The topological polar surface area (TPSA) is 60.6 Å². The first kappa shape index (κ1) is 12.1. The molecule has 13 heavy (non-hydrogen) atoms. The van der Waals surface area contributed by atoms with Gasteiger partial charge in [-0.1, -0.05) is 26.0 Å². The van der Waals surface area contributed by atoms with Gasteiger partial charge in [0.2, 0.25) is 0 Å². The summed E-state index contributed by atoms with van der Waals surface area (Å²) in [6, 6.07) is 0. The van der Waals surface area contributed by atoms with E-state index in [-0.39, 0.29) is 16.8 Å². The molecule has 0 saturated carbocycles. The maximum absolute atomic E-state index is 7.55. The smallest absolute Gasteiger partial charge is 0.150 e. The van der Waals surface area contributed by atoms with Gasteiger partial charge in [0.05, 0.1) is 0 Å². The Kier molecular flexibility index (Phi) is 3.58. The van der Waals surface area contributed by atoms with Crippen LogP contribution in [0.3, 0.4) is 0 Å². The number of hydrogen-bond acceptors (Lipinski definition) is 2. The van der Waals surface area contributed by atoms with Crippen molar-refractivity contribution >= 4 is 5.84 Å². The molecule has 0 fully saturated rings. The summed E-state index contributed by atoms with van der Waals surface area (Å²) in [5, 5.41) is 15.1. The van der Waals surface area contributed by atoms with E-state index in [1.807, 2.05) is 41.5 Å². The summed E-state index contributed by atoms with van der Waals surface area (Å²) in [7, 11) is 0. The molecule has 0 bridgehead atoms. The third-order valence-electron chi connectivity index (χ3n) is 1.25. The molecule has 0 rings (SSSR count). The lowest BCUT2D eigenvalue weighted by Crippen LogP contribution is -2.31. The third kappa shape index (κ3) is 6.25. The Bertz CT molecular complexity index is 205. The van der Waals surface area contributed by atoms with E-state index in [2.05, 4.69) is 15.8 Å². The van der Waals surface area contributed by atoms with Crippen molar-refractivity contribution in [1.82, 2.24) is 5.43 Å². The van der Waals surface area contributed by atoms with E-state index < -0.39 is 0 Å². The second-order valence-corrected chi connectivity index (χ2v) is 5.16. The summed E-state index contributed by atoms with van der Waals surface area (Å²) in [4.78, 5) is 0. The molecule has 4 nitrogen and oxygen atoms in total. The zero-order chi connectivity index (χ0) is 10.7. The number of nitrogens with one attached hydrogen (secondary N) is 2. The van der Waals surface area contributed by atoms with E-state index in [4.69, 9.17) is 5.41 Å². The highest BCUT2D eigenvalue weighted by atomic mass is 15.4. The van der Waals surface area contributed by atoms with Crippen molar-refractivity contribution in [2.45, 2.75) is 47.1 Å². The van der Waals surface area contributed by atoms with E-state index in [1.165, 1.54) is 0 Å². The Balaban J connectivity index is 4.09. The van der Waals surface area contributed by atoms with Crippen LogP contribution in [0.15, 0.2) is 10.3 Å². The Hall–Kier alpha value is -0.930. The normalized spacial score (nSPS) is 13.4. The molecule has 0 spiro atoms. The molecule has 0 aliphatic carbocycles. The van der Waals surface area contributed by atoms with Crippen molar-refractivity contribution < 1.29 is 0 Å². The highest BCUT2D eigenvalue weighted by Gasteiger charge is 2.17. The van der Waals surface area contributed by atoms with Gasteiger partial charge in [-0.3, -0.25) is 10.8 Å².